The normalized spacial score (nSPS) is 19.2. The molecular weight excluding hydrogens is 308 g/mol. The van der Waals surface area contributed by atoms with Gasteiger partial charge < -0.3 is 14.0 Å². The molecular formula is C16H22BF3O3. The van der Waals surface area contributed by atoms with Gasteiger partial charge in [-0.15, -0.1) is 0 Å². The lowest BCUT2D eigenvalue weighted by Gasteiger charge is -2.32. The third-order valence-electron chi connectivity index (χ3n) is 4.40. The second-order valence-electron chi connectivity index (χ2n) is 6.69. The molecule has 0 aromatic heterocycles. The van der Waals surface area contributed by atoms with Crippen molar-refractivity contribution in [2.24, 2.45) is 0 Å². The Kier molecular flexibility index (Phi) is 5.02. The van der Waals surface area contributed by atoms with Crippen LogP contribution >= 0.6 is 0 Å². The lowest BCUT2D eigenvalue weighted by atomic mass is 9.78. The van der Waals surface area contributed by atoms with Crippen molar-refractivity contribution in [2.75, 3.05) is 6.61 Å². The summed E-state index contributed by atoms with van der Waals surface area (Å²) in [5, 5.41) is 0. The molecule has 0 bridgehead atoms. The average Bonchev–Trinajstić information content (AvgIpc) is 2.61. The SMILES string of the molecule is CCCCOc1c(F)cc(F)c(B2OC(C)(C)C(C)(C)O2)c1F. The molecule has 0 N–H and O–H groups in total. The Morgan fingerprint density at radius 1 is 1.04 bits per heavy atom. The molecule has 2 rings (SSSR count). The molecule has 0 atom stereocenters. The Bertz CT molecular complexity index is 574. The second kappa shape index (κ2) is 6.36. The smallest absolute Gasteiger partial charge is 0.488 e. The summed E-state index contributed by atoms with van der Waals surface area (Å²) >= 11 is 0. The first-order valence-electron chi connectivity index (χ1n) is 7.76. The van der Waals surface area contributed by atoms with Crippen molar-refractivity contribution in [3.05, 3.63) is 23.5 Å². The van der Waals surface area contributed by atoms with Gasteiger partial charge in [-0.3, -0.25) is 0 Å². The summed E-state index contributed by atoms with van der Waals surface area (Å²) in [6.45, 7) is 9.15. The molecule has 3 nitrogen and oxygen atoms in total. The molecule has 0 unspecified atom stereocenters. The zero-order chi connectivity index (χ0) is 17.4. The first-order chi connectivity index (χ1) is 10.6. The summed E-state index contributed by atoms with van der Waals surface area (Å²) < 4.78 is 59.0. The van der Waals surface area contributed by atoms with Crippen molar-refractivity contribution in [1.29, 1.82) is 0 Å². The second-order valence-corrected chi connectivity index (χ2v) is 6.69. The van der Waals surface area contributed by atoms with Crippen molar-refractivity contribution in [1.82, 2.24) is 0 Å². The molecule has 1 aliphatic heterocycles. The molecule has 1 heterocycles. The van der Waals surface area contributed by atoms with E-state index in [2.05, 4.69) is 0 Å². The number of ether oxygens (including phenoxy) is 1. The van der Waals surface area contributed by atoms with Crippen LogP contribution < -0.4 is 10.2 Å². The van der Waals surface area contributed by atoms with Gasteiger partial charge in [0, 0.05) is 6.07 Å². The number of halogens is 3. The van der Waals surface area contributed by atoms with Gasteiger partial charge in [0.15, 0.2) is 17.4 Å². The zero-order valence-electron chi connectivity index (χ0n) is 14.1. The van der Waals surface area contributed by atoms with Gasteiger partial charge >= 0.3 is 7.12 Å². The minimum atomic E-state index is -1.26. The Labute approximate surface area is 135 Å². The molecule has 1 aromatic rings. The Morgan fingerprint density at radius 3 is 2.13 bits per heavy atom. The van der Waals surface area contributed by atoms with Crippen molar-refractivity contribution < 1.29 is 27.2 Å². The summed E-state index contributed by atoms with van der Waals surface area (Å²) in [4.78, 5) is 0. The maximum atomic E-state index is 14.6. The molecule has 0 radical (unpaired) electrons. The highest BCUT2D eigenvalue weighted by Crippen LogP contribution is 2.37. The van der Waals surface area contributed by atoms with Gasteiger partial charge in [0.1, 0.15) is 5.82 Å². The topological polar surface area (TPSA) is 27.7 Å². The maximum absolute atomic E-state index is 14.6. The van der Waals surface area contributed by atoms with E-state index < -0.39 is 47.0 Å². The van der Waals surface area contributed by atoms with Crippen LogP contribution in [-0.2, 0) is 9.31 Å². The fraction of sp³-hybridized carbons (Fsp3) is 0.625. The van der Waals surface area contributed by atoms with E-state index in [1.807, 2.05) is 6.92 Å². The minimum absolute atomic E-state index is 0.152. The monoisotopic (exact) mass is 330 g/mol. The van der Waals surface area contributed by atoms with E-state index in [0.717, 1.165) is 6.42 Å². The molecule has 0 amide bonds. The average molecular weight is 330 g/mol. The minimum Gasteiger partial charge on any atom is -0.488 e. The van der Waals surface area contributed by atoms with Gasteiger partial charge in [-0.25, -0.2) is 13.2 Å². The van der Waals surface area contributed by atoms with Gasteiger partial charge in [0.2, 0.25) is 0 Å². The van der Waals surface area contributed by atoms with Crippen LogP contribution in [0.1, 0.15) is 47.5 Å². The molecule has 1 aliphatic rings. The number of benzene rings is 1. The third-order valence-corrected chi connectivity index (χ3v) is 4.40. The summed E-state index contributed by atoms with van der Waals surface area (Å²) in [6, 6.07) is 0.602. The molecule has 1 fully saturated rings. The van der Waals surface area contributed by atoms with Gasteiger partial charge in [-0.1, -0.05) is 13.3 Å². The summed E-state index contributed by atoms with van der Waals surface area (Å²) in [7, 11) is -1.26. The van der Waals surface area contributed by atoms with E-state index in [9.17, 15) is 13.2 Å². The lowest BCUT2D eigenvalue weighted by Crippen LogP contribution is -2.41. The summed E-state index contributed by atoms with van der Waals surface area (Å²) in [6.07, 6.45) is 1.45. The first-order valence-corrected chi connectivity index (χ1v) is 7.76. The fourth-order valence-corrected chi connectivity index (χ4v) is 2.21. The number of rotatable bonds is 5. The van der Waals surface area contributed by atoms with Crippen molar-refractivity contribution in [3.63, 3.8) is 0 Å². The van der Waals surface area contributed by atoms with E-state index in [0.29, 0.717) is 12.5 Å². The van der Waals surface area contributed by atoms with E-state index in [4.69, 9.17) is 14.0 Å². The van der Waals surface area contributed by atoms with Gasteiger partial charge in [0.05, 0.1) is 23.3 Å². The van der Waals surface area contributed by atoms with Crippen molar-refractivity contribution >= 4 is 12.6 Å². The lowest BCUT2D eigenvalue weighted by molar-refractivity contribution is 0.00578. The van der Waals surface area contributed by atoms with Crippen LogP contribution in [0.2, 0.25) is 0 Å². The molecule has 1 saturated heterocycles. The Morgan fingerprint density at radius 2 is 1.61 bits per heavy atom. The molecule has 7 heteroatoms. The van der Waals surface area contributed by atoms with Gasteiger partial charge in [-0.05, 0) is 34.1 Å². The first kappa shape index (κ1) is 18.1. The molecule has 0 saturated carbocycles. The predicted molar refractivity (Wildman–Crippen MR) is 82.4 cm³/mol. The molecule has 0 aliphatic carbocycles. The van der Waals surface area contributed by atoms with Crippen molar-refractivity contribution in [3.8, 4) is 5.75 Å². The Hall–Kier alpha value is -1.21. The van der Waals surface area contributed by atoms with Crippen LogP contribution in [0.3, 0.4) is 0 Å². The summed E-state index contributed by atoms with van der Waals surface area (Å²) in [5.74, 6) is -3.83. The zero-order valence-corrected chi connectivity index (χ0v) is 14.1. The van der Waals surface area contributed by atoms with E-state index in [1.54, 1.807) is 27.7 Å². The number of hydrogen-bond acceptors (Lipinski definition) is 3. The van der Waals surface area contributed by atoms with Crippen LogP contribution in [0, 0.1) is 17.5 Å². The van der Waals surface area contributed by atoms with E-state index >= 15 is 0 Å². The van der Waals surface area contributed by atoms with E-state index in [1.165, 1.54) is 0 Å². The molecule has 0 spiro atoms. The standard InChI is InChI=1S/C16H22BF3O3/c1-6-7-8-21-14-11(19)9-10(18)12(13(14)20)17-22-15(2,3)16(4,5)23-17/h9H,6-8H2,1-5H3. The molecule has 23 heavy (non-hydrogen) atoms. The highest BCUT2D eigenvalue weighted by atomic mass is 19.1. The van der Waals surface area contributed by atoms with Crippen LogP contribution in [-0.4, -0.2) is 24.9 Å². The maximum Gasteiger partial charge on any atom is 0.501 e. The van der Waals surface area contributed by atoms with E-state index in [-0.39, 0.29) is 6.61 Å². The highest BCUT2D eigenvalue weighted by molar-refractivity contribution is 6.62. The largest absolute Gasteiger partial charge is 0.501 e. The van der Waals surface area contributed by atoms with Crippen LogP contribution in [0.25, 0.3) is 0 Å². The Balaban J connectivity index is 2.38. The molecule has 128 valence electrons. The fourth-order valence-electron chi connectivity index (χ4n) is 2.21. The summed E-state index contributed by atoms with van der Waals surface area (Å²) in [5.41, 5.74) is -1.97. The van der Waals surface area contributed by atoms with Crippen LogP contribution in [0.5, 0.6) is 5.75 Å². The van der Waals surface area contributed by atoms with Crippen LogP contribution in [0.4, 0.5) is 13.2 Å². The third kappa shape index (κ3) is 3.35. The van der Waals surface area contributed by atoms with Gasteiger partial charge in [-0.2, -0.15) is 0 Å². The predicted octanol–water partition coefficient (Wildman–Crippen LogP) is 3.58. The number of hydrogen-bond donors (Lipinski definition) is 0. The molecule has 1 aromatic carbocycles. The quantitative estimate of drug-likeness (QED) is 0.610. The highest BCUT2D eigenvalue weighted by Gasteiger charge is 2.53. The van der Waals surface area contributed by atoms with Gasteiger partial charge in [0.25, 0.3) is 0 Å². The number of unbranched alkanes of at least 4 members (excludes halogenated alkanes) is 1. The van der Waals surface area contributed by atoms with Crippen LogP contribution in [0.15, 0.2) is 6.07 Å². The van der Waals surface area contributed by atoms with Crippen molar-refractivity contribution in [2.45, 2.75) is 58.7 Å².